The van der Waals surface area contributed by atoms with E-state index in [2.05, 4.69) is 58.2 Å². The largest absolute Gasteiger partial charge is 0.489 e. The summed E-state index contributed by atoms with van der Waals surface area (Å²) in [4.78, 5) is 2.42. The van der Waals surface area contributed by atoms with Gasteiger partial charge in [0.25, 0.3) is 0 Å². The van der Waals surface area contributed by atoms with E-state index < -0.39 is 0 Å². The molecule has 130 valence electrons. The van der Waals surface area contributed by atoms with Crippen LogP contribution < -0.4 is 10.1 Å². The summed E-state index contributed by atoms with van der Waals surface area (Å²) in [7, 11) is 0. The zero-order chi connectivity index (χ0) is 17.2. The van der Waals surface area contributed by atoms with Gasteiger partial charge >= 0.3 is 0 Å². The molecule has 1 N–H and O–H groups in total. The van der Waals surface area contributed by atoms with Gasteiger partial charge in [-0.3, -0.25) is 0 Å². The van der Waals surface area contributed by atoms with Crippen molar-refractivity contribution in [2.75, 3.05) is 26.2 Å². The molecule has 0 amide bonds. The third kappa shape index (κ3) is 6.27. The van der Waals surface area contributed by atoms with Crippen molar-refractivity contribution in [2.24, 2.45) is 0 Å². The Hall–Kier alpha value is -1.36. The fourth-order valence-corrected chi connectivity index (χ4v) is 2.97. The van der Waals surface area contributed by atoms with Gasteiger partial charge < -0.3 is 15.0 Å². The molecule has 0 spiro atoms. The van der Waals surface area contributed by atoms with E-state index in [1.807, 2.05) is 30.3 Å². The second-order valence-electron chi connectivity index (χ2n) is 5.73. The highest BCUT2D eigenvalue weighted by Gasteiger charge is 2.06. The first-order valence-corrected chi connectivity index (χ1v) is 9.40. The van der Waals surface area contributed by atoms with E-state index in [1.165, 1.54) is 11.1 Å². The van der Waals surface area contributed by atoms with Crippen LogP contribution in [0.1, 0.15) is 25.0 Å². The van der Waals surface area contributed by atoms with Gasteiger partial charge in [0.2, 0.25) is 0 Å². The highest BCUT2D eigenvalue weighted by Crippen LogP contribution is 2.24. The molecule has 0 aromatic heterocycles. The molecule has 0 aliphatic rings. The third-order valence-electron chi connectivity index (χ3n) is 4.07. The van der Waals surface area contributed by atoms with E-state index in [4.69, 9.17) is 4.74 Å². The molecular weight excluding hydrogens is 364 g/mol. The Kier molecular flexibility index (Phi) is 8.29. The quantitative estimate of drug-likeness (QED) is 0.606. The molecule has 0 saturated heterocycles. The van der Waals surface area contributed by atoms with Crippen LogP contribution in [-0.2, 0) is 13.2 Å². The summed E-state index contributed by atoms with van der Waals surface area (Å²) in [5, 5.41) is 3.52. The Morgan fingerprint density at radius 2 is 1.79 bits per heavy atom. The van der Waals surface area contributed by atoms with E-state index >= 15 is 0 Å². The average molecular weight is 391 g/mol. The van der Waals surface area contributed by atoms with Crippen LogP contribution in [0.5, 0.6) is 5.75 Å². The molecule has 2 rings (SSSR count). The summed E-state index contributed by atoms with van der Waals surface area (Å²) < 4.78 is 7.11. The highest BCUT2D eigenvalue weighted by molar-refractivity contribution is 9.10. The minimum absolute atomic E-state index is 0.592. The van der Waals surface area contributed by atoms with E-state index in [-0.39, 0.29) is 0 Å². The highest BCUT2D eigenvalue weighted by atomic mass is 79.9. The molecule has 0 atom stereocenters. The fourth-order valence-electron chi connectivity index (χ4n) is 2.56. The lowest BCUT2D eigenvalue weighted by atomic mass is 10.2. The van der Waals surface area contributed by atoms with E-state index in [9.17, 15) is 0 Å². The van der Waals surface area contributed by atoms with Crippen molar-refractivity contribution in [3.8, 4) is 5.75 Å². The predicted molar refractivity (Wildman–Crippen MR) is 104 cm³/mol. The summed E-state index contributed by atoms with van der Waals surface area (Å²) >= 11 is 3.56. The number of benzene rings is 2. The first-order valence-electron chi connectivity index (χ1n) is 8.61. The van der Waals surface area contributed by atoms with Gasteiger partial charge in [0, 0.05) is 29.7 Å². The van der Waals surface area contributed by atoms with Gasteiger partial charge in [-0.05, 0) is 36.9 Å². The first-order chi connectivity index (χ1) is 11.7. The molecule has 0 aliphatic heterocycles. The van der Waals surface area contributed by atoms with Gasteiger partial charge in [0.15, 0.2) is 0 Å². The van der Waals surface area contributed by atoms with Crippen molar-refractivity contribution in [3.05, 3.63) is 64.1 Å². The second-order valence-corrected chi connectivity index (χ2v) is 6.65. The Bertz CT molecular complexity index is 600. The summed E-state index contributed by atoms with van der Waals surface area (Å²) in [5.74, 6) is 0.942. The molecule has 4 heteroatoms. The number of hydrogen-bond donors (Lipinski definition) is 1. The predicted octanol–water partition coefficient (Wildman–Crippen LogP) is 4.46. The molecule has 2 aromatic rings. The van der Waals surface area contributed by atoms with E-state index in [1.54, 1.807) is 0 Å². The number of nitrogens with zero attached hydrogens (tertiary/aromatic N) is 1. The molecule has 2 aromatic carbocycles. The van der Waals surface area contributed by atoms with Gasteiger partial charge in [-0.2, -0.15) is 0 Å². The van der Waals surface area contributed by atoms with E-state index in [0.29, 0.717) is 6.61 Å². The van der Waals surface area contributed by atoms with Crippen molar-refractivity contribution in [1.29, 1.82) is 0 Å². The Balaban J connectivity index is 1.90. The van der Waals surface area contributed by atoms with Gasteiger partial charge in [-0.15, -0.1) is 0 Å². The number of nitrogens with one attached hydrogen (secondary N) is 1. The third-order valence-corrected chi connectivity index (χ3v) is 4.57. The molecule has 0 unspecified atom stereocenters. The molecule has 0 radical (unpaired) electrons. The van der Waals surface area contributed by atoms with Crippen LogP contribution in [0.15, 0.2) is 53.0 Å². The number of ether oxygens (including phenoxy) is 1. The maximum atomic E-state index is 6.03. The summed E-state index contributed by atoms with van der Waals surface area (Å²) in [5.41, 5.74) is 2.36. The average Bonchev–Trinajstić information content (AvgIpc) is 2.62. The van der Waals surface area contributed by atoms with E-state index in [0.717, 1.165) is 42.9 Å². The Labute approximate surface area is 154 Å². The van der Waals surface area contributed by atoms with Crippen molar-refractivity contribution < 1.29 is 4.74 Å². The summed E-state index contributed by atoms with van der Waals surface area (Å²) in [6.07, 6.45) is 0. The molecule has 24 heavy (non-hydrogen) atoms. The van der Waals surface area contributed by atoms with Crippen LogP contribution in [0.3, 0.4) is 0 Å². The monoisotopic (exact) mass is 390 g/mol. The molecule has 0 aliphatic carbocycles. The summed E-state index contributed by atoms with van der Waals surface area (Å²) in [6, 6.07) is 16.5. The topological polar surface area (TPSA) is 24.5 Å². The maximum Gasteiger partial charge on any atom is 0.124 e. The van der Waals surface area contributed by atoms with Gasteiger partial charge in [-0.1, -0.05) is 60.1 Å². The summed E-state index contributed by atoms with van der Waals surface area (Å²) in [6.45, 7) is 10.1. The molecule has 0 fully saturated rings. The molecule has 0 bridgehead atoms. The smallest absolute Gasteiger partial charge is 0.124 e. The van der Waals surface area contributed by atoms with Crippen LogP contribution in [0.2, 0.25) is 0 Å². The molecule has 0 saturated carbocycles. The first kappa shape index (κ1) is 19.0. The van der Waals surface area contributed by atoms with Crippen LogP contribution in [0.25, 0.3) is 0 Å². The van der Waals surface area contributed by atoms with Crippen LogP contribution in [0, 0.1) is 0 Å². The number of hydrogen-bond acceptors (Lipinski definition) is 3. The molecular formula is C20H27BrN2O. The standard InChI is InChI=1S/C20H27BrN2O/c1-3-23(4-2)13-12-22-15-18-14-19(21)10-11-20(18)24-16-17-8-6-5-7-9-17/h5-11,14,22H,3-4,12-13,15-16H2,1-2H3. The zero-order valence-electron chi connectivity index (χ0n) is 14.6. The van der Waals surface area contributed by atoms with Gasteiger partial charge in [0.1, 0.15) is 12.4 Å². The van der Waals surface area contributed by atoms with Crippen molar-refractivity contribution in [1.82, 2.24) is 10.2 Å². The number of rotatable bonds is 10. The fraction of sp³-hybridized carbons (Fsp3) is 0.400. The number of likely N-dealkylation sites (N-methyl/N-ethyl adjacent to an activating group) is 1. The van der Waals surface area contributed by atoms with Gasteiger partial charge in [0.05, 0.1) is 0 Å². The minimum Gasteiger partial charge on any atom is -0.489 e. The lowest BCUT2D eigenvalue weighted by Gasteiger charge is -2.18. The zero-order valence-corrected chi connectivity index (χ0v) is 16.2. The minimum atomic E-state index is 0.592. The van der Waals surface area contributed by atoms with Crippen molar-refractivity contribution >= 4 is 15.9 Å². The molecule has 3 nitrogen and oxygen atoms in total. The molecule has 0 heterocycles. The lowest BCUT2D eigenvalue weighted by Crippen LogP contribution is -2.31. The van der Waals surface area contributed by atoms with Crippen molar-refractivity contribution in [2.45, 2.75) is 27.0 Å². The number of halogens is 1. The van der Waals surface area contributed by atoms with Crippen molar-refractivity contribution in [3.63, 3.8) is 0 Å². The van der Waals surface area contributed by atoms with Gasteiger partial charge in [-0.25, -0.2) is 0 Å². The normalized spacial score (nSPS) is 11.0. The Morgan fingerprint density at radius 1 is 1.04 bits per heavy atom. The second kappa shape index (κ2) is 10.5. The van der Waals surface area contributed by atoms with Crippen LogP contribution in [0.4, 0.5) is 0 Å². The van der Waals surface area contributed by atoms with Crippen LogP contribution in [-0.4, -0.2) is 31.1 Å². The van der Waals surface area contributed by atoms with Crippen LogP contribution >= 0.6 is 15.9 Å². The lowest BCUT2D eigenvalue weighted by molar-refractivity contribution is 0.295. The Morgan fingerprint density at radius 3 is 2.50 bits per heavy atom. The SMILES string of the molecule is CCN(CC)CCNCc1cc(Br)ccc1OCc1ccccc1. The maximum absolute atomic E-state index is 6.03.